The molecular formula is C10H11BrN2OS. The monoisotopic (exact) mass is 286 g/mol. The highest BCUT2D eigenvalue weighted by molar-refractivity contribution is 9.10. The molecule has 0 atom stereocenters. The molecule has 80 valence electrons. The first-order valence-corrected chi connectivity index (χ1v) is 6.37. The Bertz CT molecular complexity index is 511. The van der Waals surface area contributed by atoms with E-state index in [2.05, 4.69) is 15.9 Å². The number of hydrogen-bond donors (Lipinski definition) is 0. The number of hydrogen-bond acceptors (Lipinski definition) is 2. The number of rotatable bonds is 3. The summed E-state index contributed by atoms with van der Waals surface area (Å²) < 4.78 is 4.49. The molecule has 0 unspecified atom stereocenters. The first-order chi connectivity index (χ1) is 7.22. The summed E-state index contributed by atoms with van der Waals surface area (Å²) in [6.45, 7) is 3.33. The van der Waals surface area contributed by atoms with Crippen LogP contribution in [0.15, 0.2) is 33.1 Å². The van der Waals surface area contributed by atoms with Gasteiger partial charge in [0.2, 0.25) is 0 Å². The minimum atomic E-state index is 0.0535. The zero-order chi connectivity index (χ0) is 10.8. The normalized spacial score (nSPS) is 10.8. The van der Waals surface area contributed by atoms with Crippen molar-refractivity contribution >= 4 is 27.3 Å². The lowest BCUT2D eigenvalue weighted by atomic mass is 10.4. The Morgan fingerprint density at radius 3 is 2.67 bits per heavy atom. The molecule has 0 radical (unpaired) electrons. The van der Waals surface area contributed by atoms with E-state index in [9.17, 15) is 4.79 Å². The van der Waals surface area contributed by atoms with Gasteiger partial charge in [-0.15, -0.1) is 11.3 Å². The lowest BCUT2D eigenvalue weighted by Gasteiger charge is -1.99. The van der Waals surface area contributed by atoms with Gasteiger partial charge < -0.3 is 0 Å². The van der Waals surface area contributed by atoms with E-state index in [0.717, 1.165) is 11.0 Å². The molecule has 0 bridgehead atoms. The third-order valence-electron chi connectivity index (χ3n) is 2.26. The summed E-state index contributed by atoms with van der Waals surface area (Å²) in [6, 6.07) is 2.00. The maximum absolute atomic E-state index is 11.8. The van der Waals surface area contributed by atoms with Crippen molar-refractivity contribution in [2.75, 3.05) is 0 Å². The third kappa shape index (κ3) is 2.08. The predicted octanol–water partition coefficient (Wildman–Crippen LogP) is 2.54. The second-order valence-corrected chi connectivity index (χ2v) is 5.04. The lowest BCUT2D eigenvalue weighted by molar-refractivity contribution is 0.671. The average molecular weight is 287 g/mol. The van der Waals surface area contributed by atoms with Gasteiger partial charge in [-0.05, 0) is 34.3 Å². The Morgan fingerprint density at radius 1 is 1.40 bits per heavy atom. The number of aromatic nitrogens is 2. The van der Waals surface area contributed by atoms with E-state index in [4.69, 9.17) is 0 Å². The molecule has 15 heavy (non-hydrogen) atoms. The van der Waals surface area contributed by atoms with Crippen LogP contribution in [0.2, 0.25) is 0 Å². The van der Waals surface area contributed by atoms with E-state index in [-0.39, 0.29) is 5.69 Å². The Hall–Kier alpha value is -0.810. The van der Waals surface area contributed by atoms with Crippen LogP contribution < -0.4 is 5.69 Å². The van der Waals surface area contributed by atoms with Gasteiger partial charge in [-0.1, -0.05) is 0 Å². The molecule has 0 spiro atoms. The van der Waals surface area contributed by atoms with Crippen LogP contribution in [-0.2, 0) is 13.1 Å². The van der Waals surface area contributed by atoms with Crippen LogP contribution in [0.1, 0.15) is 11.8 Å². The molecular weight excluding hydrogens is 276 g/mol. The molecule has 0 aliphatic rings. The summed E-state index contributed by atoms with van der Waals surface area (Å²) in [5.74, 6) is 0. The fourth-order valence-electron chi connectivity index (χ4n) is 1.41. The molecule has 0 fully saturated rings. The minimum absolute atomic E-state index is 0.0535. The topological polar surface area (TPSA) is 26.9 Å². The maximum Gasteiger partial charge on any atom is 0.328 e. The van der Waals surface area contributed by atoms with Gasteiger partial charge >= 0.3 is 5.69 Å². The fourth-order valence-corrected chi connectivity index (χ4v) is 2.88. The van der Waals surface area contributed by atoms with Crippen molar-refractivity contribution in [3.63, 3.8) is 0 Å². The number of nitrogens with zero attached hydrogens (tertiary/aromatic N) is 2. The molecule has 0 N–H and O–H groups in total. The summed E-state index contributed by atoms with van der Waals surface area (Å²) in [7, 11) is 0. The highest BCUT2D eigenvalue weighted by atomic mass is 79.9. The molecule has 0 amide bonds. The van der Waals surface area contributed by atoms with Gasteiger partial charge in [0.1, 0.15) is 0 Å². The first kappa shape index (κ1) is 10.7. The van der Waals surface area contributed by atoms with Crippen molar-refractivity contribution in [2.45, 2.75) is 20.0 Å². The standard InChI is InChI=1S/C10H11BrN2OS/c1-2-12-4-5-13(10(12)14)7-9-8(11)3-6-15-9/h3-6H,2,7H2,1H3. The largest absolute Gasteiger partial charge is 0.328 e. The van der Waals surface area contributed by atoms with Gasteiger partial charge in [-0.25, -0.2) is 4.79 Å². The zero-order valence-electron chi connectivity index (χ0n) is 8.31. The molecule has 0 aliphatic heterocycles. The zero-order valence-corrected chi connectivity index (χ0v) is 10.7. The molecule has 0 aromatic carbocycles. The number of thiophene rings is 1. The average Bonchev–Trinajstić information content (AvgIpc) is 2.77. The van der Waals surface area contributed by atoms with E-state index in [1.165, 1.54) is 4.88 Å². The Balaban J connectivity index is 2.29. The van der Waals surface area contributed by atoms with Crippen LogP contribution in [-0.4, -0.2) is 9.13 Å². The number of aryl methyl sites for hydroxylation is 1. The molecule has 2 aromatic rings. The summed E-state index contributed by atoms with van der Waals surface area (Å²) in [6.07, 6.45) is 3.65. The SMILES string of the molecule is CCn1ccn(Cc2sccc2Br)c1=O. The Kier molecular flexibility index (Phi) is 3.11. The van der Waals surface area contributed by atoms with E-state index in [1.807, 2.05) is 30.8 Å². The van der Waals surface area contributed by atoms with Crippen molar-refractivity contribution in [1.29, 1.82) is 0 Å². The van der Waals surface area contributed by atoms with Crippen molar-refractivity contribution in [1.82, 2.24) is 9.13 Å². The van der Waals surface area contributed by atoms with Gasteiger partial charge in [0.15, 0.2) is 0 Å². The van der Waals surface area contributed by atoms with Gasteiger partial charge in [0, 0.05) is 28.3 Å². The second-order valence-electron chi connectivity index (χ2n) is 3.19. The van der Waals surface area contributed by atoms with Gasteiger partial charge in [0.05, 0.1) is 6.54 Å². The van der Waals surface area contributed by atoms with E-state index < -0.39 is 0 Å². The van der Waals surface area contributed by atoms with Crippen LogP contribution in [0, 0.1) is 0 Å². The molecule has 3 nitrogen and oxygen atoms in total. The van der Waals surface area contributed by atoms with Crippen molar-refractivity contribution in [2.24, 2.45) is 0 Å². The molecule has 5 heteroatoms. The number of halogens is 1. The van der Waals surface area contributed by atoms with Crippen LogP contribution in [0.3, 0.4) is 0 Å². The van der Waals surface area contributed by atoms with Crippen LogP contribution in [0.5, 0.6) is 0 Å². The van der Waals surface area contributed by atoms with Crippen molar-refractivity contribution < 1.29 is 0 Å². The quantitative estimate of drug-likeness (QED) is 0.852. The molecule has 0 saturated carbocycles. The Morgan fingerprint density at radius 2 is 2.13 bits per heavy atom. The summed E-state index contributed by atoms with van der Waals surface area (Å²) >= 11 is 5.11. The third-order valence-corrected chi connectivity index (χ3v) is 4.17. The number of imidazole rings is 1. The van der Waals surface area contributed by atoms with E-state index >= 15 is 0 Å². The fraction of sp³-hybridized carbons (Fsp3) is 0.300. The van der Waals surface area contributed by atoms with Crippen molar-refractivity contribution in [3.05, 3.63) is 43.7 Å². The maximum atomic E-state index is 11.8. The van der Waals surface area contributed by atoms with Gasteiger partial charge in [-0.2, -0.15) is 0 Å². The lowest BCUT2D eigenvalue weighted by Crippen LogP contribution is -2.23. The second kappa shape index (κ2) is 4.37. The van der Waals surface area contributed by atoms with Crippen LogP contribution in [0.4, 0.5) is 0 Å². The first-order valence-electron chi connectivity index (χ1n) is 4.70. The van der Waals surface area contributed by atoms with Crippen LogP contribution in [0.25, 0.3) is 0 Å². The summed E-state index contributed by atoms with van der Waals surface area (Å²) in [4.78, 5) is 12.9. The van der Waals surface area contributed by atoms with Gasteiger partial charge in [-0.3, -0.25) is 9.13 Å². The molecule has 2 aromatic heterocycles. The summed E-state index contributed by atoms with van der Waals surface area (Å²) in [5, 5.41) is 2.02. The predicted molar refractivity (Wildman–Crippen MR) is 65.5 cm³/mol. The molecule has 2 heterocycles. The highest BCUT2D eigenvalue weighted by Gasteiger charge is 2.05. The highest BCUT2D eigenvalue weighted by Crippen LogP contribution is 2.22. The van der Waals surface area contributed by atoms with E-state index in [0.29, 0.717) is 6.54 Å². The molecule has 0 aliphatic carbocycles. The van der Waals surface area contributed by atoms with E-state index in [1.54, 1.807) is 20.5 Å². The Labute approximate surface area is 100 Å². The smallest absolute Gasteiger partial charge is 0.300 e. The van der Waals surface area contributed by atoms with Crippen molar-refractivity contribution in [3.8, 4) is 0 Å². The molecule has 0 saturated heterocycles. The summed E-state index contributed by atoms with van der Waals surface area (Å²) in [5.41, 5.74) is 0.0535. The minimum Gasteiger partial charge on any atom is -0.300 e. The van der Waals surface area contributed by atoms with Gasteiger partial charge in [0.25, 0.3) is 0 Å². The molecule has 2 rings (SSSR count). The van der Waals surface area contributed by atoms with Crippen LogP contribution >= 0.6 is 27.3 Å².